The van der Waals surface area contributed by atoms with Crippen molar-refractivity contribution in [1.29, 1.82) is 0 Å². The van der Waals surface area contributed by atoms with Gasteiger partial charge in [-0.2, -0.15) is 0 Å². The van der Waals surface area contributed by atoms with Gasteiger partial charge in [-0.1, -0.05) is 12.1 Å². The van der Waals surface area contributed by atoms with Gasteiger partial charge < -0.3 is 10.6 Å². The van der Waals surface area contributed by atoms with Crippen LogP contribution in [0.3, 0.4) is 0 Å². The minimum atomic E-state index is -0.0288. The molecule has 0 atom stereocenters. The van der Waals surface area contributed by atoms with E-state index in [0.29, 0.717) is 0 Å². The van der Waals surface area contributed by atoms with Crippen LogP contribution < -0.4 is 10.6 Å². The van der Waals surface area contributed by atoms with Crippen molar-refractivity contribution in [3.8, 4) is 0 Å². The lowest BCUT2D eigenvalue weighted by molar-refractivity contribution is -0.114. The Labute approximate surface area is 89.9 Å². The van der Waals surface area contributed by atoms with E-state index in [1.807, 2.05) is 24.3 Å². The van der Waals surface area contributed by atoms with E-state index in [1.165, 1.54) is 25.3 Å². The Hall–Kier alpha value is -1.35. The van der Waals surface area contributed by atoms with Crippen LogP contribution in [0.15, 0.2) is 24.3 Å². The molecule has 0 bridgehead atoms. The summed E-state index contributed by atoms with van der Waals surface area (Å²) in [5.74, 6) is -0.0288. The van der Waals surface area contributed by atoms with Gasteiger partial charge in [-0.25, -0.2) is 0 Å². The summed E-state index contributed by atoms with van der Waals surface area (Å²) in [6.07, 6.45) is 2.62. The van der Waals surface area contributed by atoms with Crippen molar-refractivity contribution < 1.29 is 4.79 Å². The Morgan fingerprint density at radius 1 is 1.33 bits per heavy atom. The smallest absolute Gasteiger partial charge is 0.221 e. The number of hydrogen-bond donors (Lipinski definition) is 2. The van der Waals surface area contributed by atoms with Crippen LogP contribution >= 0.6 is 0 Å². The minimum absolute atomic E-state index is 0.0288. The average Bonchev–Trinajstić information content (AvgIpc) is 2.99. The minimum Gasteiger partial charge on any atom is -0.326 e. The molecule has 0 unspecified atom stereocenters. The number of amides is 1. The van der Waals surface area contributed by atoms with Crippen LogP contribution in [0.1, 0.15) is 25.3 Å². The summed E-state index contributed by atoms with van der Waals surface area (Å²) in [6, 6.07) is 8.69. The molecule has 3 nitrogen and oxygen atoms in total. The van der Waals surface area contributed by atoms with Gasteiger partial charge in [0.25, 0.3) is 0 Å². The summed E-state index contributed by atoms with van der Waals surface area (Å²) < 4.78 is 0. The second-order valence-electron chi connectivity index (χ2n) is 4.03. The van der Waals surface area contributed by atoms with E-state index in [2.05, 4.69) is 10.6 Å². The molecule has 0 spiro atoms. The predicted octanol–water partition coefficient (Wildman–Crippen LogP) is 1.90. The van der Waals surface area contributed by atoms with Crippen molar-refractivity contribution in [1.82, 2.24) is 5.32 Å². The summed E-state index contributed by atoms with van der Waals surface area (Å²) in [6.45, 7) is 2.44. The summed E-state index contributed by atoms with van der Waals surface area (Å²) >= 11 is 0. The lowest BCUT2D eigenvalue weighted by Crippen LogP contribution is -2.15. The van der Waals surface area contributed by atoms with E-state index in [-0.39, 0.29) is 5.91 Å². The molecule has 1 fully saturated rings. The maximum absolute atomic E-state index is 10.8. The van der Waals surface area contributed by atoms with Crippen LogP contribution in [0.2, 0.25) is 0 Å². The highest BCUT2D eigenvalue weighted by Crippen LogP contribution is 2.19. The quantitative estimate of drug-likeness (QED) is 0.786. The number of nitrogens with one attached hydrogen (secondary N) is 2. The molecular formula is C12H16N2O. The second kappa shape index (κ2) is 4.45. The monoisotopic (exact) mass is 204 g/mol. The molecule has 15 heavy (non-hydrogen) atoms. The number of hydrogen-bond acceptors (Lipinski definition) is 2. The molecule has 1 aromatic carbocycles. The molecule has 0 saturated heterocycles. The van der Waals surface area contributed by atoms with Gasteiger partial charge in [-0.3, -0.25) is 4.79 Å². The first-order chi connectivity index (χ1) is 7.24. The van der Waals surface area contributed by atoms with Crippen LogP contribution in [0.25, 0.3) is 0 Å². The maximum atomic E-state index is 10.8. The third-order valence-corrected chi connectivity index (χ3v) is 2.45. The largest absolute Gasteiger partial charge is 0.326 e. The molecule has 0 aliphatic heterocycles. The molecular weight excluding hydrogens is 188 g/mol. The van der Waals surface area contributed by atoms with E-state index in [9.17, 15) is 4.79 Å². The third-order valence-electron chi connectivity index (χ3n) is 2.45. The van der Waals surface area contributed by atoms with Crippen LogP contribution in [0.5, 0.6) is 0 Å². The van der Waals surface area contributed by atoms with Crippen molar-refractivity contribution in [2.75, 3.05) is 5.32 Å². The molecule has 1 saturated carbocycles. The van der Waals surface area contributed by atoms with Gasteiger partial charge in [0, 0.05) is 25.2 Å². The zero-order valence-electron chi connectivity index (χ0n) is 8.92. The van der Waals surface area contributed by atoms with E-state index >= 15 is 0 Å². The first-order valence-electron chi connectivity index (χ1n) is 5.34. The Kier molecular flexibility index (Phi) is 3.02. The molecule has 0 heterocycles. The van der Waals surface area contributed by atoms with Crippen molar-refractivity contribution in [2.24, 2.45) is 0 Å². The van der Waals surface area contributed by atoms with Gasteiger partial charge in [0.2, 0.25) is 5.91 Å². The van der Waals surface area contributed by atoms with Gasteiger partial charge in [0.05, 0.1) is 0 Å². The van der Waals surface area contributed by atoms with E-state index in [1.54, 1.807) is 0 Å². The van der Waals surface area contributed by atoms with Crippen molar-refractivity contribution in [2.45, 2.75) is 32.4 Å². The Bertz CT molecular complexity index is 341. The summed E-state index contributed by atoms with van der Waals surface area (Å²) in [7, 11) is 0. The van der Waals surface area contributed by atoms with Crippen LogP contribution in [-0.4, -0.2) is 11.9 Å². The van der Waals surface area contributed by atoms with E-state index in [0.717, 1.165) is 18.3 Å². The highest BCUT2D eigenvalue weighted by molar-refractivity contribution is 5.88. The standard InChI is InChI=1S/C12H16N2O/c1-9(15)14-12-4-2-10(3-5-12)8-13-11-6-7-11/h2-5,11,13H,6-8H2,1H3,(H,14,15). The fraction of sp³-hybridized carbons (Fsp3) is 0.417. The molecule has 1 aromatic rings. The first-order valence-corrected chi connectivity index (χ1v) is 5.34. The van der Waals surface area contributed by atoms with Gasteiger partial charge in [0.1, 0.15) is 0 Å². The van der Waals surface area contributed by atoms with E-state index in [4.69, 9.17) is 0 Å². The summed E-state index contributed by atoms with van der Waals surface area (Å²) in [5.41, 5.74) is 2.12. The van der Waals surface area contributed by atoms with Gasteiger partial charge in [-0.05, 0) is 30.5 Å². The fourth-order valence-electron chi connectivity index (χ4n) is 1.46. The number of carbonyl (C=O) groups is 1. The molecule has 2 N–H and O–H groups in total. The van der Waals surface area contributed by atoms with Gasteiger partial charge >= 0.3 is 0 Å². The number of benzene rings is 1. The normalized spacial score (nSPS) is 15.0. The predicted molar refractivity (Wildman–Crippen MR) is 60.6 cm³/mol. The summed E-state index contributed by atoms with van der Waals surface area (Å²) in [4.78, 5) is 10.8. The topological polar surface area (TPSA) is 41.1 Å². The lowest BCUT2D eigenvalue weighted by atomic mass is 10.2. The molecule has 1 aliphatic carbocycles. The number of carbonyl (C=O) groups excluding carboxylic acids is 1. The number of rotatable bonds is 4. The number of anilines is 1. The summed E-state index contributed by atoms with van der Waals surface area (Å²) in [5, 5.41) is 6.20. The molecule has 80 valence electrons. The highest BCUT2D eigenvalue weighted by atomic mass is 16.1. The zero-order valence-corrected chi connectivity index (χ0v) is 8.92. The molecule has 3 heteroatoms. The van der Waals surface area contributed by atoms with Gasteiger partial charge in [0.15, 0.2) is 0 Å². The van der Waals surface area contributed by atoms with Crippen LogP contribution in [0, 0.1) is 0 Å². The van der Waals surface area contributed by atoms with E-state index < -0.39 is 0 Å². The highest BCUT2D eigenvalue weighted by Gasteiger charge is 2.19. The fourth-order valence-corrected chi connectivity index (χ4v) is 1.46. The molecule has 1 amide bonds. The zero-order chi connectivity index (χ0) is 10.7. The van der Waals surface area contributed by atoms with Crippen molar-refractivity contribution in [3.05, 3.63) is 29.8 Å². The SMILES string of the molecule is CC(=O)Nc1ccc(CNC2CC2)cc1. The average molecular weight is 204 g/mol. The molecule has 0 aromatic heterocycles. The van der Waals surface area contributed by atoms with Crippen molar-refractivity contribution in [3.63, 3.8) is 0 Å². The second-order valence-corrected chi connectivity index (χ2v) is 4.03. The Morgan fingerprint density at radius 2 is 2.00 bits per heavy atom. The molecule has 2 rings (SSSR count). The van der Waals surface area contributed by atoms with Crippen LogP contribution in [0.4, 0.5) is 5.69 Å². The maximum Gasteiger partial charge on any atom is 0.221 e. The molecule has 1 aliphatic rings. The van der Waals surface area contributed by atoms with Crippen molar-refractivity contribution >= 4 is 11.6 Å². The Morgan fingerprint density at radius 3 is 2.53 bits per heavy atom. The first kappa shape index (κ1) is 10.2. The lowest BCUT2D eigenvalue weighted by Gasteiger charge is -2.05. The van der Waals surface area contributed by atoms with Crippen LogP contribution in [-0.2, 0) is 11.3 Å². The van der Waals surface area contributed by atoms with Gasteiger partial charge in [-0.15, -0.1) is 0 Å². The molecule has 0 radical (unpaired) electrons. The third kappa shape index (κ3) is 3.36. The Balaban J connectivity index is 1.87.